The molecule has 0 atom stereocenters. The van der Waals surface area contributed by atoms with E-state index in [1.54, 1.807) is 6.92 Å². The van der Waals surface area contributed by atoms with Gasteiger partial charge in [-0.2, -0.15) is 4.98 Å². The van der Waals surface area contributed by atoms with Crippen LogP contribution in [-0.2, 0) is 9.05 Å². The number of H-pyrrole nitrogens is 1. The second-order valence-corrected chi connectivity index (χ2v) is 5.85. The molecular formula is C9H7ClN2O3S. The van der Waals surface area contributed by atoms with Gasteiger partial charge in [0, 0.05) is 21.8 Å². The van der Waals surface area contributed by atoms with Gasteiger partial charge in [-0.05, 0) is 25.1 Å². The summed E-state index contributed by atoms with van der Waals surface area (Å²) in [7, 11) is 1.45. The van der Waals surface area contributed by atoms with Crippen LogP contribution in [0.25, 0.3) is 10.9 Å². The Morgan fingerprint density at radius 2 is 2.06 bits per heavy atom. The molecule has 1 heterocycles. The Morgan fingerprint density at radius 3 is 2.69 bits per heavy atom. The molecule has 0 aliphatic carbocycles. The number of rotatable bonds is 1. The van der Waals surface area contributed by atoms with Crippen LogP contribution in [0.1, 0.15) is 5.69 Å². The topological polar surface area (TPSA) is 79.9 Å². The van der Waals surface area contributed by atoms with E-state index in [-0.39, 0.29) is 4.90 Å². The fourth-order valence-electron chi connectivity index (χ4n) is 1.43. The molecule has 0 fully saturated rings. The maximum atomic E-state index is 11.1. The number of halogens is 1. The minimum Gasteiger partial charge on any atom is -0.309 e. The maximum Gasteiger partial charge on any atom is 0.345 e. The third kappa shape index (κ3) is 1.94. The molecule has 0 saturated carbocycles. The van der Waals surface area contributed by atoms with Crippen molar-refractivity contribution in [3.8, 4) is 0 Å². The number of nitrogens with zero attached hydrogens (tertiary/aromatic N) is 1. The molecule has 1 N–H and O–H groups in total. The summed E-state index contributed by atoms with van der Waals surface area (Å²) in [6.07, 6.45) is 0. The van der Waals surface area contributed by atoms with E-state index in [9.17, 15) is 13.2 Å². The van der Waals surface area contributed by atoms with Crippen molar-refractivity contribution in [1.82, 2.24) is 9.97 Å². The van der Waals surface area contributed by atoms with Crippen molar-refractivity contribution in [3.05, 3.63) is 34.4 Å². The van der Waals surface area contributed by atoms with E-state index in [0.717, 1.165) is 0 Å². The number of aromatic amines is 1. The number of hydrogen-bond donors (Lipinski definition) is 1. The third-order valence-electron chi connectivity index (χ3n) is 2.17. The molecule has 5 nitrogen and oxygen atoms in total. The molecule has 16 heavy (non-hydrogen) atoms. The van der Waals surface area contributed by atoms with Crippen LogP contribution >= 0.6 is 10.7 Å². The van der Waals surface area contributed by atoms with Gasteiger partial charge < -0.3 is 4.98 Å². The summed E-state index contributed by atoms with van der Waals surface area (Å²) in [5.41, 5.74) is 0.522. The van der Waals surface area contributed by atoms with E-state index in [1.807, 2.05) is 0 Å². The molecule has 84 valence electrons. The van der Waals surface area contributed by atoms with Crippen LogP contribution in [0.3, 0.4) is 0 Å². The van der Waals surface area contributed by atoms with Gasteiger partial charge in [-0.15, -0.1) is 0 Å². The largest absolute Gasteiger partial charge is 0.345 e. The van der Waals surface area contributed by atoms with Crippen LogP contribution in [-0.4, -0.2) is 18.4 Å². The standard InChI is InChI=1S/C9H7ClN2O3S/c1-5-7-4-6(16(10,14)15)2-3-8(7)12-9(13)11-5/h2-4H,1H3,(H,11,12,13). The lowest BCUT2D eigenvalue weighted by molar-refractivity contribution is 0.609. The quantitative estimate of drug-likeness (QED) is 0.779. The van der Waals surface area contributed by atoms with Crippen molar-refractivity contribution >= 4 is 30.6 Å². The molecule has 0 unspecified atom stereocenters. The van der Waals surface area contributed by atoms with E-state index in [2.05, 4.69) is 9.97 Å². The summed E-state index contributed by atoms with van der Waals surface area (Å²) in [6, 6.07) is 4.15. The molecule has 2 aromatic rings. The number of fused-ring (bicyclic) bond motifs is 1. The van der Waals surface area contributed by atoms with Crippen molar-refractivity contribution in [1.29, 1.82) is 0 Å². The molecule has 2 rings (SSSR count). The van der Waals surface area contributed by atoms with Gasteiger partial charge in [0.25, 0.3) is 9.05 Å². The monoisotopic (exact) mass is 258 g/mol. The molecule has 0 amide bonds. The highest BCUT2D eigenvalue weighted by molar-refractivity contribution is 8.13. The number of benzene rings is 1. The first-order chi connectivity index (χ1) is 7.38. The first-order valence-electron chi connectivity index (χ1n) is 4.33. The van der Waals surface area contributed by atoms with Crippen LogP contribution in [0.15, 0.2) is 27.9 Å². The normalized spacial score (nSPS) is 11.9. The van der Waals surface area contributed by atoms with Crippen LogP contribution in [0.5, 0.6) is 0 Å². The highest BCUT2D eigenvalue weighted by Crippen LogP contribution is 2.20. The zero-order chi connectivity index (χ0) is 11.9. The highest BCUT2D eigenvalue weighted by atomic mass is 35.7. The third-order valence-corrected chi connectivity index (χ3v) is 3.52. The van der Waals surface area contributed by atoms with Gasteiger partial charge in [0.15, 0.2) is 0 Å². The van der Waals surface area contributed by atoms with Crippen LogP contribution in [0, 0.1) is 6.92 Å². The van der Waals surface area contributed by atoms with Crippen molar-refractivity contribution < 1.29 is 8.42 Å². The van der Waals surface area contributed by atoms with Gasteiger partial charge in [0.05, 0.1) is 10.4 Å². The van der Waals surface area contributed by atoms with E-state index >= 15 is 0 Å². The molecule has 0 radical (unpaired) electrons. The van der Waals surface area contributed by atoms with Crippen molar-refractivity contribution in [3.63, 3.8) is 0 Å². The summed E-state index contributed by atoms with van der Waals surface area (Å²) in [5, 5.41) is 0.557. The van der Waals surface area contributed by atoms with Crippen LogP contribution < -0.4 is 5.69 Å². The maximum absolute atomic E-state index is 11.1. The first kappa shape index (κ1) is 11.1. The van der Waals surface area contributed by atoms with Crippen molar-refractivity contribution in [2.75, 3.05) is 0 Å². The van der Waals surface area contributed by atoms with E-state index < -0.39 is 14.7 Å². The lowest BCUT2D eigenvalue weighted by Gasteiger charge is -2.02. The fraction of sp³-hybridized carbons (Fsp3) is 0.111. The highest BCUT2D eigenvalue weighted by Gasteiger charge is 2.11. The smallest absolute Gasteiger partial charge is 0.309 e. The second-order valence-electron chi connectivity index (χ2n) is 3.28. The zero-order valence-electron chi connectivity index (χ0n) is 8.19. The summed E-state index contributed by atoms with van der Waals surface area (Å²) in [6.45, 7) is 1.66. The first-order valence-corrected chi connectivity index (χ1v) is 6.64. The summed E-state index contributed by atoms with van der Waals surface area (Å²) in [4.78, 5) is 17.3. The Hall–Kier alpha value is -1.40. The van der Waals surface area contributed by atoms with E-state index in [4.69, 9.17) is 10.7 Å². The number of nitrogens with one attached hydrogen (secondary N) is 1. The average molecular weight is 259 g/mol. The van der Waals surface area contributed by atoms with Gasteiger partial charge in [-0.1, -0.05) is 0 Å². The zero-order valence-corrected chi connectivity index (χ0v) is 9.76. The Labute approximate surface area is 95.5 Å². The number of hydrogen-bond acceptors (Lipinski definition) is 4. The van der Waals surface area contributed by atoms with Gasteiger partial charge in [0.2, 0.25) is 0 Å². The molecule has 1 aromatic heterocycles. The predicted molar refractivity (Wildman–Crippen MR) is 60.1 cm³/mol. The molecule has 0 aliphatic rings. The predicted octanol–water partition coefficient (Wildman–Crippen LogP) is 1.16. The van der Waals surface area contributed by atoms with Gasteiger partial charge >= 0.3 is 5.69 Å². The summed E-state index contributed by atoms with van der Waals surface area (Å²) in [5.74, 6) is 0. The summed E-state index contributed by atoms with van der Waals surface area (Å²) >= 11 is 0. The van der Waals surface area contributed by atoms with Crippen LogP contribution in [0.4, 0.5) is 0 Å². The summed E-state index contributed by atoms with van der Waals surface area (Å²) < 4.78 is 22.3. The van der Waals surface area contributed by atoms with Crippen molar-refractivity contribution in [2.45, 2.75) is 11.8 Å². The molecule has 0 spiro atoms. The fourth-order valence-corrected chi connectivity index (χ4v) is 2.21. The Bertz CT molecular complexity index is 721. The average Bonchev–Trinajstić information content (AvgIpc) is 2.15. The van der Waals surface area contributed by atoms with E-state index in [0.29, 0.717) is 16.6 Å². The van der Waals surface area contributed by atoms with Crippen molar-refractivity contribution in [2.24, 2.45) is 0 Å². The SMILES string of the molecule is Cc1[nH]c(=O)nc2ccc(S(=O)(=O)Cl)cc12. The molecule has 1 aromatic carbocycles. The minimum atomic E-state index is -3.77. The Kier molecular flexibility index (Phi) is 2.47. The lowest BCUT2D eigenvalue weighted by atomic mass is 10.2. The van der Waals surface area contributed by atoms with Crippen LogP contribution in [0.2, 0.25) is 0 Å². The molecule has 0 saturated heterocycles. The van der Waals surface area contributed by atoms with Gasteiger partial charge in [-0.3, -0.25) is 0 Å². The molecular weight excluding hydrogens is 252 g/mol. The van der Waals surface area contributed by atoms with Gasteiger partial charge in [-0.25, -0.2) is 13.2 Å². The molecule has 7 heteroatoms. The number of aromatic nitrogens is 2. The lowest BCUT2D eigenvalue weighted by Crippen LogP contribution is -2.11. The molecule has 0 aliphatic heterocycles. The molecule has 0 bridgehead atoms. The van der Waals surface area contributed by atoms with E-state index in [1.165, 1.54) is 18.2 Å². The second kappa shape index (κ2) is 3.57. The minimum absolute atomic E-state index is 0.0152. The Balaban J connectivity index is 2.87. The number of aryl methyl sites for hydroxylation is 1. The Morgan fingerprint density at radius 1 is 1.38 bits per heavy atom. The van der Waals surface area contributed by atoms with Gasteiger partial charge in [0.1, 0.15) is 0 Å².